The first-order valence-corrected chi connectivity index (χ1v) is 12.8. The number of thioether (sulfide) groups is 1. The highest BCUT2D eigenvalue weighted by Crippen LogP contribution is 2.37. The number of nitrogens with one attached hydrogen (secondary N) is 1. The molecule has 0 aliphatic rings. The van der Waals surface area contributed by atoms with Crippen molar-refractivity contribution in [2.45, 2.75) is 38.1 Å². The number of anilines is 1. The molecule has 0 fully saturated rings. The first kappa shape index (κ1) is 24.6. The Bertz CT molecular complexity index is 1350. The van der Waals surface area contributed by atoms with Crippen LogP contribution in [0.15, 0.2) is 59.1 Å². The van der Waals surface area contributed by atoms with Crippen LogP contribution in [0.25, 0.3) is 16.8 Å². The SMILES string of the molecule is CCOC(=O)c1c(-c2ccccc2)csc1NC(=O)[C@H](C)Sc1nnnn1-c1ccc(C)cc1C. The van der Waals surface area contributed by atoms with Crippen LogP contribution in [0.2, 0.25) is 0 Å². The Morgan fingerprint density at radius 1 is 1.17 bits per heavy atom. The van der Waals surface area contributed by atoms with E-state index in [9.17, 15) is 9.59 Å². The number of esters is 1. The summed E-state index contributed by atoms with van der Waals surface area (Å²) in [4.78, 5) is 25.9. The molecule has 0 aliphatic heterocycles. The van der Waals surface area contributed by atoms with E-state index in [1.807, 2.05) is 61.7 Å². The molecule has 0 saturated carbocycles. The zero-order valence-electron chi connectivity index (χ0n) is 19.8. The fourth-order valence-electron chi connectivity index (χ4n) is 3.56. The van der Waals surface area contributed by atoms with Gasteiger partial charge in [0, 0.05) is 10.9 Å². The second kappa shape index (κ2) is 10.8. The van der Waals surface area contributed by atoms with Crippen molar-refractivity contribution in [2.24, 2.45) is 0 Å². The van der Waals surface area contributed by atoms with Crippen molar-refractivity contribution in [1.82, 2.24) is 20.2 Å². The lowest BCUT2D eigenvalue weighted by molar-refractivity contribution is -0.115. The van der Waals surface area contributed by atoms with Gasteiger partial charge in [0.25, 0.3) is 0 Å². The van der Waals surface area contributed by atoms with Crippen LogP contribution >= 0.6 is 23.1 Å². The number of benzene rings is 2. The number of nitrogens with zero attached hydrogens (tertiary/aromatic N) is 4. The van der Waals surface area contributed by atoms with E-state index in [0.29, 0.717) is 15.7 Å². The molecule has 0 spiro atoms. The summed E-state index contributed by atoms with van der Waals surface area (Å²) >= 11 is 2.54. The normalized spacial score (nSPS) is 11.8. The number of amides is 1. The summed E-state index contributed by atoms with van der Waals surface area (Å²) in [6, 6.07) is 15.6. The van der Waals surface area contributed by atoms with E-state index in [1.165, 1.54) is 23.1 Å². The standard InChI is InChI=1S/C25H25N5O3S2/c1-5-33-24(32)21-19(18-9-7-6-8-10-18)14-34-23(21)26-22(31)17(4)35-25-27-28-29-30(25)20-12-11-15(2)13-16(20)3/h6-14,17H,5H2,1-4H3,(H,26,31)/t17-/m0/s1. The second-order valence-electron chi connectivity index (χ2n) is 7.85. The van der Waals surface area contributed by atoms with E-state index in [0.717, 1.165) is 27.9 Å². The third kappa shape index (κ3) is 5.44. The minimum atomic E-state index is -0.525. The Morgan fingerprint density at radius 2 is 1.94 bits per heavy atom. The first-order valence-electron chi connectivity index (χ1n) is 11.1. The van der Waals surface area contributed by atoms with Crippen LogP contribution in [0, 0.1) is 13.8 Å². The average Bonchev–Trinajstić information content (AvgIpc) is 3.47. The van der Waals surface area contributed by atoms with Gasteiger partial charge in [-0.1, -0.05) is 59.8 Å². The molecule has 1 amide bonds. The Hall–Kier alpha value is -3.50. The fourth-order valence-corrected chi connectivity index (χ4v) is 5.32. The van der Waals surface area contributed by atoms with Crippen molar-refractivity contribution in [1.29, 1.82) is 0 Å². The summed E-state index contributed by atoms with van der Waals surface area (Å²) in [7, 11) is 0. The topological polar surface area (TPSA) is 99.0 Å². The molecule has 0 radical (unpaired) electrons. The maximum absolute atomic E-state index is 13.1. The molecule has 180 valence electrons. The van der Waals surface area contributed by atoms with E-state index in [1.54, 1.807) is 18.5 Å². The summed E-state index contributed by atoms with van der Waals surface area (Å²) in [6.45, 7) is 7.78. The molecular formula is C25H25N5O3S2. The Kier molecular flexibility index (Phi) is 7.62. The molecule has 1 atom stereocenters. The monoisotopic (exact) mass is 507 g/mol. The molecule has 0 saturated heterocycles. The number of carbonyl (C=O) groups excluding carboxylic acids is 2. The highest BCUT2D eigenvalue weighted by Gasteiger charge is 2.26. The number of ether oxygens (including phenoxy) is 1. The smallest absolute Gasteiger partial charge is 0.341 e. The molecule has 0 aliphatic carbocycles. The van der Waals surface area contributed by atoms with Crippen LogP contribution in [0.4, 0.5) is 5.00 Å². The second-order valence-corrected chi connectivity index (χ2v) is 10.0. The van der Waals surface area contributed by atoms with Gasteiger partial charge in [-0.2, -0.15) is 4.68 Å². The van der Waals surface area contributed by atoms with Crippen LogP contribution in [0.1, 0.15) is 35.3 Å². The molecular weight excluding hydrogens is 482 g/mol. The van der Waals surface area contributed by atoms with Crippen LogP contribution in [0.5, 0.6) is 0 Å². The summed E-state index contributed by atoms with van der Waals surface area (Å²) in [5.41, 5.74) is 4.98. The molecule has 4 rings (SSSR count). The first-order chi connectivity index (χ1) is 16.9. The van der Waals surface area contributed by atoms with Crippen molar-refractivity contribution in [3.8, 4) is 16.8 Å². The van der Waals surface area contributed by atoms with Crippen molar-refractivity contribution >= 4 is 40.0 Å². The summed E-state index contributed by atoms with van der Waals surface area (Å²) < 4.78 is 6.91. The van der Waals surface area contributed by atoms with Gasteiger partial charge in [-0.15, -0.1) is 16.4 Å². The molecule has 1 N–H and O–H groups in total. The van der Waals surface area contributed by atoms with E-state index in [4.69, 9.17) is 4.74 Å². The predicted molar refractivity (Wildman–Crippen MR) is 138 cm³/mol. The summed E-state index contributed by atoms with van der Waals surface area (Å²) in [6.07, 6.45) is 0. The molecule has 10 heteroatoms. The molecule has 2 aromatic carbocycles. The van der Waals surface area contributed by atoms with Crippen molar-refractivity contribution in [3.05, 3.63) is 70.6 Å². The zero-order chi connectivity index (χ0) is 24.9. The number of hydrogen-bond acceptors (Lipinski definition) is 8. The quantitative estimate of drug-likeness (QED) is 0.255. The maximum Gasteiger partial charge on any atom is 0.341 e. The van der Waals surface area contributed by atoms with Gasteiger partial charge in [-0.3, -0.25) is 4.79 Å². The van der Waals surface area contributed by atoms with Gasteiger partial charge in [-0.25, -0.2) is 4.79 Å². The number of hydrogen-bond donors (Lipinski definition) is 1. The van der Waals surface area contributed by atoms with E-state index < -0.39 is 11.2 Å². The van der Waals surface area contributed by atoms with Gasteiger partial charge in [0.05, 0.1) is 17.5 Å². The molecule has 2 aromatic heterocycles. The Morgan fingerprint density at radius 3 is 2.66 bits per heavy atom. The lowest BCUT2D eigenvalue weighted by Crippen LogP contribution is -2.23. The van der Waals surface area contributed by atoms with Gasteiger partial charge in [0.1, 0.15) is 10.6 Å². The minimum Gasteiger partial charge on any atom is -0.462 e. The van der Waals surface area contributed by atoms with E-state index >= 15 is 0 Å². The lowest BCUT2D eigenvalue weighted by atomic mass is 10.0. The Balaban J connectivity index is 1.56. The molecule has 0 bridgehead atoms. The fraction of sp³-hybridized carbons (Fsp3) is 0.240. The van der Waals surface area contributed by atoms with Gasteiger partial charge < -0.3 is 10.1 Å². The Labute approximate surface area is 211 Å². The van der Waals surface area contributed by atoms with Crippen molar-refractivity contribution < 1.29 is 14.3 Å². The van der Waals surface area contributed by atoms with Gasteiger partial charge in [0.15, 0.2) is 0 Å². The summed E-state index contributed by atoms with van der Waals surface area (Å²) in [5.74, 6) is -0.737. The number of thiophene rings is 1. The number of aryl methyl sites for hydroxylation is 2. The van der Waals surface area contributed by atoms with Gasteiger partial charge >= 0.3 is 5.97 Å². The van der Waals surface area contributed by atoms with E-state index in [-0.39, 0.29) is 12.5 Å². The minimum absolute atomic E-state index is 0.240. The van der Waals surface area contributed by atoms with E-state index in [2.05, 4.69) is 26.9 Å². The molecule has 2 heterocycles. The molecule has 0 unspecified atom stereocenters. The largest absolute Gasteiger partial charge is 0.462 e. The summed E-state index contributed by atoms with van der Waals surface area (Å²) in [5, 5.41) is 17.2. The molecule has 8 nitrogen and oxygen atoms in total. The number of carbonyl (C=O) groups is 2. The number of tetrazole rings is 1. The average molecular weight is 508 g/mol. The lowest BCUT2D eigenvalue weighted by Gasteiger charge is -2.13. The van der Waals surface area contributed by atoms with Crippen LogP contribution in [0.3, 0.4) is 0 Å². The van der Waals surface area contributed by atoms with Crippen molar-refractivity contribution in [2.75, 3.05) is 11.9 Å². The third-order valence-electron chi connectivity index (χ3n) is 5.26. The van der Waals surface area contributed by atoms with Gasteiger partial charge in [-0.05, 0) is 55.3 Å². The number of aromatic nitrogens is 4. The molecule has 35 heavy (non-hydrogen) atoms. The van der Waals surface area contributed by atoms with Crippen LogP contribution < -0.4 is 5.32 Å². The predicted octanol–water partition coefficient (Wildman–Crippen LogP) is 5.30. The van der Waals surface area contributed by atoms with Crippen LogP contribution in [-0.2, 0) is 9.53 Å². The van der Waals surface area contributed by atoms with Crippen molar-refractivity contribution in [3.63, 3.8) is 0 Å². The highest BCUT2D eigenvalue weighted by atomic mass is 32.2. The van der Waals surface area contributed by atoms with Crippen LogP contribution in [-0.4, -0.2) is 43.9 Å². The molecule has 4 aromatic rings. The van der Waals surface area contributed by atoms with Gasteiger partial charge in [0.2, 0.25) is 11.1 Å². The zero-order valence-corrected chi connectivity index (χ0v) is 21.4. The highest BCUT2D eigenvalue weighted by molar-refractivity contribution is 8.00. The maximum atomic E-state index is 13.1. The third-order valence-corrected chi connectivity index (χ3v) is 7.19. The number of rotatable bonds is 8.